The van der Waals surface area contributed by atoms with E-state index in [1.54, 1.807) is 0 Å². The van der Waals surface area contributed by atoms with Gasteiger partial charge in [0.25, 0.3) is 0 Å². The van der Waals surface area contributed by atoms with E-state index in [0.717, 1.165) is 66.0 Å². The summed E-state index contributed by atoms with van der Waals surface area (Å²) < 4.78 is 38.2. The van der Waals surface area contributed by atoms with Crippen molar-refractivity contribution in [3.05, 3.63) is 76.3 Å². The SMILES string of the molecule is Cc1c(CC2=CCCC=C2)nnc(C2=CCN(c3ccc(C(F)(F)F)cn3)CC2)c1C. The topological polar surface area (TPSA) is 41.9 Å². The third-order valence-corrected chi connectivity index (χ3v) is 5.98. The number of hydrogen-bond donors (Lipinski definition) is 0. The van der Waals surface area contributed by atoms with E-state index in [2.05, 4.69) is 53.3 Å². The fraction of sp³-hybridized carbons (Fsp3) is 0.375. The molecule has 0 saturated carbocycles. The lowest BCUT2D eigenvalue weighted by molar-refractivity contribution is -0.137. The molecule has 0 saturated heterocycles. The van der Waals surface area contributed by atoms with Gasteiger partial charge in [-0.25, -0.2) is 4.98 Å². The highest BCUT2D eigenvalue weighted by molar-refractivity contribution is 5.68. The Morgan fingerprint density at radius 2 is 1.87 bits per heavy atom. The Labute approximate surface area is 180 Å². The molecule has 2 aromatic heterocycles. The van der Waals surface area contributed by atoms with Crippen molar-refractivity contribution in [3.8, 4) is 0 Å². The quantitative estimate of drug-likeness (QED) is 0.636. The van der Waals surface area contributed by atoms with E-state index < -0.39 is 11.7 Å². The second kappa shape index (κ2) is 8.65. The maximum Gasteiger partial charge on any atom is 0.417 e. The zero-order valence-corrected chi connectivity index (χ0v) is 17.7. The molecule has 3 heterocycles. The average Bonchev–Trinajstić information content (AvgIpc) is 2.77. The Bertz CT molecular complexity index is 1050. The summed E-state index contributed by atoms with van der Waals surface area (Å²) in [6, 6.07) is 2.51. The van der Waals surface area contributed by atoms with Gasteiger partial charge in [0.2, 0.25) is 0 Å². The zero-order valence-electron chi connectivity index (χ0n) is 17.7. The molecule has 4 nitrogen and oxygen atoms in total. The van der Waals surface area contributed by atoms with Crippen molar-refractivity contribution in [1.82, 2.24) is 15.2 Å². The van der Waals surface area contributed by atoms with Gasteiger partial charge >= 0.3 is 6.18 Å². The lowest BCUT2D eigenvalue weighted by atomic mass is 9.95. The average molecular weight is 426 g/mol. The van der Waals surface area contributed by atoms with Gasteiger partial charge in [-0.05, 0) is 67.5 Å². The van der Waals surface area contributed by atoms with Crippen molar-refractivity contribution in [3.63, 3.8) is 0 Å². The fourth-order valence-electron chi connectivity index (χ4n) is 3.95. The van der Waals surface area contributed by atoms with E-state index >= 15 is 0 Å². The van der Waals surface area contributed by atoms with Crippen molar-refractivity contribution < 1.29 is 13.2 Å². The number of halogens is 3. The molecule has 0 atom stereocenters. The minimum absolute atomic E-state index is 0.548. The van der Waals surface area contributed by atoms with Gasteiger partial charge in [0, 0.05) is 25.7 Å². The molecule has 0 aromatic carbocycles. The minimum atomic E-state index is -4.37. The molecular weight excluding hydrogens is 401 g/mol. The first-order valence-electron chi connectivity index (χ1n) is 10.5. The third kappa shape index (κ3) is 4.70. The van der Waals surface area contributed by atoms with Crippen LogP contribution in [0.2, 0.25) is 0 Å². The van der Waals surface area contributed by atoms with Crippen LogP contribution in [0.3, 0.4) is 0 Å². The molecule has 0 spiro atoms. The molecule has 0 bridgehead atoms. The zero-order chi connectivity index (χ0) is 22.0. The van der Waals surface area contributed by atoms with Crippen molar-refractivity contribution in [2.24, 2.45) is 0 Å². The van der Waals surface area contributed by atoms with Gasteiger partial charge < -0.3 is 4.90 Å². The molecule has 4 rings (SSSR count). The highest BCUT2D eigenvalue weighted by atomic mass is 19.4. The van der Waals surface area contributed by atoms with Crippen LogP contribution in [0.15, 0.2) is 48.2 Å². The molecule has 0 fully saturated rings. The van der Waals surface area contributed by atoms with Crippen molar-refractivity contribution in [2.45, 2.75) is 45.7 Å². The summed E-state index contributed by atoms with van der Waals surface area (Å²) in [5.74, 6) is 0.548. The van der Waals surface area contributed by atoms with E-state index in [1.165, 1.54) is 11.6 Å². The fourth-order valence-corrected chi connectivity index (χ4v) is 3.95. The smallest absolute Gasteiger partial charge is 0.353 e. The van der Waals surface area contributed by atoms with Gasteiger partial charge in [0.05, 0.1) is 17.0 Å². The summed E-state index contributed by atoms with van der Waals surface area (Å²) in [5, 5.41) is 9.06. The van der Waals surface area contributed by atoms with Crippen LogP contribution in [-0.2, 0) is 12.6 Å². The summed E-state index contributed by atoms with van der Waals surface area (Å²) in [4.78, 5) is 5.97. The summed E-state index contributed by atoms with van der Waals surface area (Å²) in [6.07, 6.45) is 8.93. The third-order valence-electron chi connectivity index (χ3n) is 5.98. The van der Waals surface area contributed by atoms with Gasteiger partial charge in [0.15, 0.2) is 0 Å². The van der Waals surface area contributed by atoms with E-state index in [1.807, 2.05) is 4.90 Å². The van der Waals surface area contributed by atoms with Crippen molar-refractivity contribution in [2.75, 3.05) is 18.0 Å². The second-order valence-corrected chi connectivity index (χ2v) is 8.01. The molecular formula is C24H25F3N4. The molecule has 2 aromatic rings. The molecule has 162 valence electrons. The first kappa shape index (κ1) is 21.3. The summed E-state index contributed by atoms with van der Waals surface area (Å²) in [5.41, 5.74) is 5.90. The number of allylic oxidation sites excluding steroid dienone is 4. The normalized spacial score (nSPS) is 16.9. The summed E-state index contributed by atoms with van der Waals surface area (Å²) >= 11 is 0. The molecule has 1 aliphatic carbocycles. The Morgan fingerprint density at radius 3 is 2.48 bits per heavy atom. The number of hydrogen-bond acceptors (Lipinski definition) is 4. The van der Waals surface area contributed by atoms with Crippen LogP contribution < -0.4 is 4.90 Å². The molecule has 7 heteroatoms. The molecule has 1 aliphatic heterocycles. The highest BCUT2D eigenvalue weighted by Gasteiger charge is 2.31. The van der Waals surface area contributed by atoms with E-state index in [0.29, 0.717) is 18.9 Å². The van der Waals surface area contributed by atoms with Crippen LogP contribution >= 0.6 is 0 Å². The number of anilines is 1. The van der Waals surface area contributed by atoms with Gasteiger partial charge in [-0.3, -0.25) is 0 Å². The Morgan fingerprint density at radius 1 is 1.03 bits per heavy atom. The molecule has 2 aliphatic rings. The number of nitrogens with zero attached hydrogens (tertiary/aromatic N) is 4. The number of pyridine rings is 1. The molecule has 0 radical (unpaired) electrons. The highest BCUT2D eigenvalue weighted by Crippen LogP contribution is 2.31. The Balaban J connectivity index is 1.48. The lowest BCUT2D eigenvalue weighted by Crippen LogP contribution is -2.29. The predicted molar refractivity (Wildman–Crippen MR) is 116 cm³/mol. The van der Waals surface area contributed by atoms with Gasteiger partial charge in [-0.2, -0.15) is 23.4 Å². The van der Waals surface area contributed by atoms with E-state index in [9.17, 15) is 13.2 Å². The van der Waals surface area contributed by atoms with Gasteiger partial charge in [-0.15, -0.1) is 0 Å². The standard InChI is InChI=1S/C24H25F3N4/c1-16-17(2)23(30-29-21(16)14-18-6-4-3-5-7-18)19-10-12-31(13-11-19)22-9-8-20(15-28-22)24(25,26)27/h4,6-10,15H,3,5,11-14H2,1-2H3. The summed E-state index contributed by atoms with van der Waals surface area (Å²) in [6.45, 7) is 5.42. The number of aromatic nitrogens is 3. The maximum atomic E-state index is 12.7. The largest absolute Gasteiger partial charge is 0.417 e. The first-order valence-corrected chi connectivity index (χ1v) is 10.5. The van der Waals surface area contributed by atoms with Crippen molar-refractivity contribution >= 4 is 11.4 Å². The molecule has 0 amide bonds. The molecule has 31 heavy (non-hydrogen) atoms. The lowest BCUT2D eigenvalue weighted by Gasteiger charge is -2.28. The first-order chi connectivity index (χ1) is 14.8. The predicted octanol–water partition coefficient (Wildman–Crippen LogP) is 5.62. The Hall–Kier alpha value is -2.96. The maximum absolute atomic E-state index is 12.7. The molecule has 0 unspecified atom stereocenters. The van der Waals surface area contributed by atoms with Gasteiger partial charge in [-0.1, -0.05) is 24.3 Å². The van der Waals surface area contributed by atoms with Crippen LogP contribution in [0, 0.1) is 13.8 Å². The van der Waals surface area contributed by atoms with E-state index in [4.69, 9.17) is 0 Å². The Kier molecular flexibility index (Phi) is 5.94. The van der Waals surface area contributed by atoms with Crippen LogP contribution in [0.1, 0.15) is 47.3 Å². The van der Waals surface area contributed by atoms with Gasteiger partial charge in [0.1, 0.15) is 5.82 Å². The van der Waals surface area contributed by atoms with Crippen LogP contribution in [0.4, 0.5) is 19.0 Å². The second-order valence-electron chi connectivity index (χ2n) is 8.01. The van der Waals surface area contributed by atoms with Crippen LogP contribution in [-0.4, -0.2) is 28.3 Å². The molecule has 0 N–H and O–H groups in total. The van der Waals surface area contributed by atoms with Crippen molar-refractivity contribution in [1.29, 1.82) is 0 Å². The monoisotopic (exact) mass is 426 g/mol. The van der Waals surface area contributed by atoms with Crippen LogP contribution in [0.5, 0.6) is 0 Å². The van der Waals surface area contributed by atoms with Crippen LogP contribution in [0.25, 0.3) is 5.57 Å². The number of alkyl halides is 3. The minimum Gasteiger partial charge on any atom is -0.353 e. The number of rotatable bonds is 4. The van der Waals surface area contributed by atoms with E-state index in [-0.39, 0.29) is 0 Å². The summed E-state index contributed by atoms with van der Waals surface area (Å²) in [7, 11) is 0.